The molecule has 0 unspecified atom stereocenters. The van der Waals surface area contributed by atoms with Gasteiger partial charge in [-0.1, -0.05) is 18.2 Å². The number of benzene rings is 1. The van der Waals surface area contributed by atoms with Crippen molar-refractivity contribution >= 4 is 11.9 Å². The van der Waals surface area contributed by atoms with Crippen molar-refractivity contribution in [2.75, 3.05) is 13.1 Å². The monoisotopic (exact) mass is 319 g/mol. The molecule has 2 fully saturated rings. The average Bonchev–Trinajstić information content (AvgIpc) is 3.30. The number of nitrogens with zero attached hydrogens (tertiary/aromatic N) is 1. The summed E-state index contributed by atoms with van der Waals surface area (Å²) in [6.45, 7) is 1.24. The molecule has 1 aliphatic heterocycles. The lowest BCUT2D eigenvalue weighted by atomic mass is 9.90. The van der Waals surface area contributed by atoms with Crippen LogP contribution in [0.4, 0.5) is 4.39 Å². The molecule has 124 valence electrons. The molecule has 0 spiro atoms. The van der Waals surface area contributed by atoms with Gasteiger partial charge in [-0.15, -0.1) is 0 Å². The van der Waals surface area contributed by atoms with Crippen LogP contribution in [-0.4, -0.2) is 35.0 Å². The van der Waals surface area contributed by atoms with Crippen LogP contribution < -0.4 is 0 Å². The van der Waals surface area contributed by atoms with Crippen LogP contribution in [0, 0.1) is 17.2 Å². The van der Waals surface area contributed by atoms with Gasteiger partial charge in [-0.3, -0.25) is 9.59 Å². The second kappa shape index (κ2) is 6.30. The number of carbonyl (C=O) groups is 2. The first-order valence-corrected chi connectivity index (χ1v) is 8.25. The van der Waals surface area contributed by atoms with Gasteiger partial charge in [0.1, 0.15) is 5.82 Å². The fourth-order valence-corrected chi connectivity index (χ4v) is 3.55. The van der Waals surface area contributed by atoms with Gasteiger partial charge in [-0.25, -0.2) is 4.39 Å². The summed E-state index contributed by atoms with van der Waals surface area (Å²) in [5, 5.41) is 8.85. The maximum atomic E-state index is 13.8. The van der Waals surface area contributed by atoms with Crippen LogP contribution in [0.1, 0.15) is 37.7 Å². The smallest absolute Gasteiger partial charge is 0.303 e. The molecule has 23 heavy (non-hydrogen) atoms. The van der Waals surface area contributed by atoms with Gasteiger partial charge >= 0.3 is 5.97 Å². The van der Waals surface area contributed by atoms with E-state index in [4.69, 9.17) is 5.11 Å². The number of carbonyl (C=O) groups excluding carboxylic acids is 1. The van der Waals surface area contributed by atoms with E-state index in [2.05, 4.69) is 0 Å². The zero-order valence-electron chi connectivity index (χ0n) is 13.1. The van der Waals surface area contributed by atoms with Crippen molar-refractivity contribution in [2.45, 2.75) is 38.5 Å². The number of carboxylic acid groups (broad SMARTS) is 1. The van der Waals surface area contributed by atoms with Gasteiger partial charge in [0.15, 0.2) is 0 Å². The summed E-state index contributed by atoms with van der Waals surface area (Å²) in [4.78, 5) is 25.4. The highest BCUT2D eigenvalue weighted by Gasteiger charge is 2.52. The van der Waals surface area contributed by atoms with E-state index in [0.717, 1.165) is 25.7 Å². The maximum Gasteiger partial charge on any atom is 0.303 e. The Morgan fingerprint density at radius 3 is 2.43 bits per heavy atom. The molecule has 1 aromatic rings. The fraction of sp³-hybridized carbons (Fsp3) is 0.556. The molecular weight excluding hydrogens is 297 g/mol. The highest BCUT2D eigenvalue weighted by Crippen LogP contribution is 2.50. The van der Waals surface area contributed by atoms with Crippen LogP contribution in [-0.2, 0) is 16.0 Å². The third kappa shape index (κ3) is 3.54. The molecule has 0 atom stereocenters. The normalized spacial score (nSPS) is 20.3. The summed E-state index contributed by atoms with van der Waals surface area (Å²) in [5.41, 5.74) is 0.182. The van der Waals surface area contributed by atoms with Gasteiger partial charge in [0, 0.05) is 19.5 Å². The second-order valence-corrected chi connectivity index (χ2v) is 6.88. The molecule has 0 radical (unpaired) electrons. The summed E-state index contributed by atoms with van der Waals surface area (Å²) in [6, 6.07) is 6.65. The molecule has 0 bridgehead atoms. The first-order chi connectivity index (χ1) is 11.0. The van der Waals surface area contributed by atoms with Gasteiger partial charge in [0.2, 0.25) is 5.91 Å². The highest BCUT2D eigenvalue weighted by molar-refractivity contribution is 5.85. The molecule has 3 rings (SSSR count). The van der Waals surface area contributed by atoms with Gasteiger partial charge < -0.3 is 10.0 Å². The van der Waals surface area contributed by atoms with E-state index in [0.29, 0.717) is 25.1 Å². The van der Waals surface area contributed by atoms with E-state index in [1.807, 2.05) is 4.90 Å². The minimum atomic E-state index is -0.770. The number of hydrogen-bond acceptors (Lipinski definition) is 2. The largest absolute Gasteiger partial charge is 0.481 e. The van der Waals surface area contributed by atoms with E-state index in [1.165, 1.54) is 6.07 Å². The molecule has 1 heterocycles. The maximum absolute atomic E-state index is 13.8. The third-order valence-corrected chi connectivity index (χ3v) is 5.16. The Balaban J connectivity index is 1.60. The summed E-state index contributed by atoms with van der Waals surface area (Å²) in [5.74, 6) is -0.729. The van der Waals surface area contributed by atoms with Crippen LogP contribution in [0.25, 0.3) is 0 Å². The number of halogens is 1. The Kier molecular flexibility index (Phi) is 4.37. The fourth-order valence-electron chi connectivity index (χ4n) is 3.55. The molecular formula is C18H22FNO3. The Labute approximate surface area is 135 Å². The van der Waals surface area contributed by atoms with Crippen LogP contribution in [0.2, 0.25) is 0 Å². The van der Waals surface area contributed by atoms with E-state index in [-0.39, 0.29) is 24.1 Å². The van der Waals surface area contributed by atoms with E-state index in [9.17, 15) is 14.0 Å². The standard InChI is InChI=1S/C18H22FNO3/c19-15-4-2-1-3-14(15)12-18(7-8-18)17(23)20-9-5-13(6-10-20)11-16(21)22/h1-4,13H,5-12H2,(H,21,22). The summed E-state index contributed by atoms with van der Waals surface area (Å²) in [7, 11) is 0. The minimum Gasteiger partial charge on any atom is -0.481 e. The van der Waals surface area contributed by atoms with Gasteiger partial charge in [0.25, 0.3) is 0 Å². The van der Waals surface area contributed by atoms with Crippen LogP contribution in [0.15, 0.2) is 24.3 Å². The first kappa shape index (κ1) is 16.0. The van der Waals surface area contributed by atoms with E-state index < -0.39 is 11.4 Å². The minimum absolute atomic E-state index is 0.120. The average molecular weight is 319 g/mol. The van der Waals surface area contributed by atoms with Crippen molar-refractivity contribution in [1.29, 1.82) is 0 Å². The molecule has 1 aromatic carbocycles. The summed E-state index contributed by atoms with van der Waals surface area (Å²) in [6.07, 6.45) is 3.77. The predicted octanol–water partition coefficient (Wildman–Crippen LogP) is 2.86. The van der Waals surface area contributed by atoms with E-state index in [1.54, 1.807) is 18.2 Å². The van der Waals surface area contributed by atoms with Gasteiger partial charge in [-0.2, -0.15) is 0 Å². The number of piperidine rings is 1. The number of likely N-dealkylation sites (tertiary alicyclic amines) is 1. The Morgan fingerprint density at radius 2 is 1.87 bits per heavy atom. The summed E-state index contributed by atoms with van der Waals surface area (Å²) < 4.78 is 13.8. The van der Waals surface area contributed by atoms with Crippen LogP contribution in [0.5, 0.6) is 0 Å². The number of hydrogen-bond donors (Lipinski definition) is 1. The lowest BCUT2D eigenvalue weighted by molar-refractivity contribution is -0.140. The Hall–Kier alpha value is -1.91. The zero-order chi connectivity index (χ0) is 16.4. The first-order valence-electron chi connectivity index (χ1n) is 8.25. The van der Waals surface area contributed by atoms with Crippen molar-refractivity contribution in [3.05, 3.63) is 35.6 Å². The number of carboxylic acids is 1. The van der Waals surface area contributed by atoms with Gasteiger partial charge in [0.05, 0.1) is 5.41 Å². The molecule has 1 saturated heterocycles. The Bertz CT molecular complexity index is 604. The lowest BCUT2D eigenvalue weighted by Gasteiger charge is -2.34. The highest BCUT2D eigenvalue weighted by atomic mass is 19.1. The third-order valence-electron chi connectivity index (χ3n) is 5.16. The molecule has 1 saturated carbocycles. The number of amides is 1. The SMILES string of the molecule is O=C(O)CC1CCN(C(=O)C2(Cc3ccccc3F)CC2)CC1. The van der Waals surface area contributed by atoms with Crippen molar-refractivity contribution in [3.8, 4) is 0 Å². The van der Waals surface area contributed by atoms with Crippen molar-refractivity contribution in [1.82, 2.24) is 4.90 Å². The molecule has 1 aliphatic carbocycles. The Morgan fingerprint density at radius 1 is 1.22 bits per heavy atom. The zero-order valence-corrected chi connectivity index (χ0v) is 13.1. The topological polar surface area (TPSA) is 57.6 Å². The van der Waals surface area contributed by atoms with Crippen LogP contribution >= 0.6 is 0 Å². The molecule has 2 aliphatic rings. The van der Waals surface area contributed by atoms with Crippen molar-refractivity contribution in [2.24, 2.45) is 11.3 Å². The van der Waals surface area contributed by atoms with Crippen molar-refractivity contribution < 1.29 is 19.1 Å². The summed E-state index contributed by atoms with van der Waals surface area (Å²) >= 11 is 0. The number of aliphatic carboxylic acids is 1. The molecule has 4 nitrogen and oxygen atoms in total. The quantitative estimate of drug-likeness (QED) is 0.908. The van der Waals surface area contributed by atoms with Crippen molar-refractivity contribution in [3.63, 3.8) is 0 Å². The second-order valence-electron chi connectivity index (χ2n) is 6.88. The van der Waals surface area contributed by atoms with Gasteiger partial charge in [-0.05, 0) is 49.7 Å². The van der Waals surface area contributed by atoms with E-state index >= 15 is 0 Å². The molecule has 1 N–H and O–H groups in total. The predicted molar refractivity (Wildman–Crippen MR) is 83.3 cm³/mol. The molecule has 1 amide bonds. The molecule has 5 heteroatoms. The lowest BCUT2D eigenvalue weighted by Crippen LogP contribution is -2.43. The number of rotatable bonds is 5. The van der Waals surface area contributed by atoms with Crippen LogP contribution in [0.3, 0.4) is 0 Å². The molecule has 0 aromatic heterocycles.